The summed E-state index contributed by atoms with van der Waals surface area (Å²) in [4.78, 5) is 14.8. The lowest BCUT2D eigenvalue weighted by molar-refractivity contribution is 0.222. The Morgan fingerprint density at radius 2 is 1.95 bits per heavy atom. The lowest BCUT2D eigenvalue weighted by atomic mass is 10.2. The van der Waals surface area contributed by atoms with Crippen LogP contribution in [0.5, 0.6) is 6.01 Å². The molecule has 0 spiro atoms. The third kappa shape index (κ3) is 3.44. The number of nitrogens with zero attached hydrogens (tertiary/aromatic N) is 4. The quantitative estimate of drug-likeness (QED) is 0.590. The largest absolute Gasteiger partial charge is 0.461 e. The summed E-state index contributed by atoms with van der Waals surface area (Å²) in [6.07, 6.45) is 2.55. The van der Waals surface area contributed by atoms with E-state index in [9.17, 15) is 0 Å². The Kier molecular flexibility index (Phi) is 4.04. The van der Waals surface area contributed by atoms with Gasteiger partial charge in [-0.3, -0.25) is 5.43 Å². The number of ether oxygens (including phenoxy) is 1. The van der Waals surface area contributed by atoms with Gasteiger partial charge in [0, 0.05) is 13.1 Å². The van der Waals surface area contributed by atoms with E-state index in [1.807, 2.05) is 25.8 Å². The fourth-order valence-electron chi connectivity index (χ4n) is 1.91. The van der Waals surface area contributed by atoms with Gasteiger partial charge in [0.15, 0.2) is 0 Å². The van der Waals surface area contributed by atoms with Crippen molar-refractivity contribution in [2.24, 2.45) is 11.8 Å². The van der Waals surface area contributed by atoms with E-state index in [4.69, 9.17) is 10.6 Å². The second-order valence-corrected chi connectivity index (χ2v) is 5.24. The molecule has 0 radical (unpaired) electrons. The Morgan fingerprint density at radius 1 is 1.26 bits per heavy atom. The molecule has 1 aromatic rings. The number of nitrogens with one attached hydrogen (secondary N) is 1. The first-order valence-electron chi connectivity index (χ1n) is 6.63. The van der Waals surface area contributed by atoms with E-state index in [0.717, 1.165) is 5.92 Å². The normalized spacial score (nSPS) is 16.3. The molecule has 0 saturated heterocycles. The Balaban J connectivity index is 2.22. The molecule has 1 aliphatic carbocycles. The second-order valence-electron chi connectivity index (χ2n) is 5.24. The Morgan fingerprint density at radius 3 is 2.47 bits per heavy atom. The number of hydrogen-bond donors (Lipinski definition) is 2. The lowest BCUT2D eigenvalue weighted by Crippen LogP contribution is -2.32. The number of anilines is 2. The van der Waals surface area contributed by atoms with Gasteiger partial charge >= 0.3 is 6.01 Å². The SMILES string of the molecule is CC(C)Oc1nc(NN)nc(N(C)C(C)C2CC2)n1. The Hall–Kier alpha value is -1.63. The maximum absolute atomic E-state index is 5.52. The van der Waals surface area contributed by atoms with Gasteiger partial charge in [-0.15, -0.1) is 0 Å². The van der Waals surface area contributed by atoms with Crippen LogP contribution in [0, 0.1) is 5.92 Å². The molecule has 1 unspecified atom stereocenters. The van der Waals surface area contributed by atoms with Gasteiger partial charge in [-0.05, 0) is 39.5 Å². The molecule has 1 aromatic heterocycles. The van der Waals surface area contributed by atoms with Crippen molar-refractivity contribution in [2.75, 3.05) is 17.4 Å². The van der Waals surface area contributed by atoms with Gasteiger partial charge in [-0.1, -0.05) is 0 Å². The summed E-state index contributed by atoms with van der Waals surface area (Å²) >= 11 is 0. The number of nitrogens with two attached hydrogens (primary N) is 1. The van der Waals surface area contributed by atoms with Crippen LogP contribution in [-0.4, -0.2) is 34.1 Å². The fourth-order valence-corrected chi connectivity index (χ4v) is 1.91. The van der Waals surface area contributed by atoms with E-state index >= 15 is 0 Å². The predicted octanol–water partition coefficient (Wildman–Crippen LogP) is 1.18. The molecule has 19 heavy (non-hydrogen) atoms. The minimum absolute atomic E-state index is 0.00651. The van der Waals surface area contributed by atoms with Gasteiger partial charge in [-0.25, -0.2) is 5.84 Å². The Bertz CT molecular complexity index is 434. The van der Waals surface area contributed by atoms with Crippen LogP contribution >= 0.6 is 0 Å². The third-order valence-corrected chi connectivity index (χ3v) is 3.30. The molecular weight excluding hydrogens is 244 g/mol. The summed E-state index contributed by atoms with van der Waals surface area (Å²) in [7, 11) is 1.98. The van der Waals surface area contributed by atoms with E-state index in [-0.39, 0.29) is 6.10 Å². The van der Waals surface area contributed by atoms with E-state index in [1.165, 1.54) is 12.8 Å². The van der Waals surface area contributed by atoms with Crippen molar-refractivity contribution in [1.29, 1.82) is 0 Å². The minimum Gasteiger partial charge on any atom is -0.461 e. The zero-order valence-corrected chi connectivity index (χ0v) is 11.9. The molecule has 1 atom stereocenters. The molecule has 1 aliphatic rings. The Labute approximate surface area is 113 Å². The summed E-state index contributed by atoms with van der Waals surface area (Å²) in [6.45, 7) is 6.03. The smallest absolute Gasteiger partial charge is 0.323 e. The van der Waals surface area contributed by atoms with Gasteiger partial charge in [-0.2, -0.15) is 15.0 Å². The van der Waals surface area contributed by atoms with Gasteiger partial charge in [0.1, 0.15) is 0 Å². The summed E-state index contributed by atoms with van der Waals surface area (Å²) in [5, 5.41) is 0. The van der Waals surface area contributed by atoms with Crippen molar-refractivity contribution < 1.29 is 4.74 Å². The molecular formula is C12H22N6O. The highest BCUT2D eigenvalue weighted by Crippen LogP contribution is 2.35. The van der Waals surface area contributed by atoms with Crippen molar-refractivity contribution in [3.63, 3.8) is 0 Å². The standard InChI is InChI=1S/C12H22N6O/c1-7(2)19-12-15-10(17-13)14-11(16-12)18(4)8(3)9-5-6-9/h7-9H,5-6,13H2,1-4H3,(H,14,15,16,17). The first kappa shape index (κ1) is 13.8. The van der Waals surface area contributed by atoms with Crippen LogP contribution in [0.4, 0.5) is 11.9 Å². The molecule has 106 valence electrons. The summed E-state index contributed by atoms with van der Waals surface area (Å²) in [5.74, 6) is 7.01. The zero-order chi connectivity index (χ0) is 14.0. The monoisotopic (exact) mass is 266 g/mol. The predicted molar refractivity (Wildman–Crippen MR) is 74.0 cm³/mol. The molecule has 0 aromatic carbocycles. The van der Waals surface area contributed by atoms with Crippen LogP contribution in [0.3, 0.4) is 0 Å². The van der Waals surface area contributed by atoms with Crippen LogP contribution in [0.15, 0.2) is 0 Å². The molecule has 1 fully saturated rings. The highest BCUT2D eigenvalue weighted by atomic mass is 16.5. The van der Waals surface area contributed by atoms with Crippen molar-refractivity contribution in [1.82, 2.24) is 15.0 Å². The highest BCUT2D eigenvalue weighted by molar-refractivity contribution is 5.38. The molecule has 0 aliphatic heterocycles. The van der Waals surface area contributed by atoms with E-state index in [2.05, 4.69) is 27.3 Å². The minimum atomic E-state index is 0.00651. The lowest BCUT2D eigenvalue weighted by Gasteiger charge is -2.25. The third-order valence-electron chi connectivity index (χ3n) is 3.30. The van der Waals surface area contributed by atoms with E-state index in [0.29, 0.717) is 23.9 Å². The van der Waals surface area contributed by atoms with E-state index in [1.54, 1.807) is 0 Å². The molecule has 2 rings (SSSR count). The average Bonchev–Trinajstić information content (AvgIpc) is 3.20. The molecule has 0 amide bonds. The maximum atomic E-state index is 5.52. The summed E-state index contributed by atoms with van der Waals surface area (Å²) in [6, 6.07) is 0.697. The van der Waals surface area contributed by atoms with Crippen molar-refractivity contribution in [2.45, 2.75) is 45.8 Å². The topological polar surface area (TPSA) is 89.2 Å². The second kappa shape index (κ2) is 5.56. The van der Waals surface area contributed by atoms with Crippen LogP contribution in [-0.2, 0) is 0 Å². The van der Waals surface area contributed by atoms with Gasteiger partial charge < -0.3 is 9.64 Å². The average molecular weight is 266 g/mol. The number of rotatable bonds is 6. The van der Waals surface area contributed by atoms with Crippen LogP contribution < -0.4 is 20.9 Å². The van der Waals surface area contributed by atoms with Crippen molar-refractivity contribution in [3.8, 4) is 6.01 Å². The molecule has 0 bridgehead atoms. The maximum Gasteiger partial charge on any atom is 0.323 e. The molecule has 3 N–H and O–H groups in total. The molecule has 7 heteroatoms. The van der Waals surface area contributed by atoms with Gasteiger partial charge in [0.05, 0.1) is 6.10 Å². The zero-order valence-electron chi connectivity index (χ0n) is 11.9. The van der Waals surface area contributed by atoms with Crippen LogP contribution in [0.25, 0.3) is 0 Å². The fraction of sp³-hybridized carbons (Fsp3) is 0.750. The van der Waals surface area contributed by atoms with Gasteiger partial charge in [0.2, 0.25) is 11.9 Å². The van der Waals surface area contributed by atoms with Crippen molar-refractivity contribution in [3.05, 3.63) is 0 Å². The van der Waals surface area contributed by atoms with Crippen LogP contribution in [0.2, 0.25) is 0 Å². The number of hydrazine groups is 1. The highest BCUT2D eigenvalue weighted by Gasteiger charge is 2.31. The van der Waals surface area contributed by atoms with Gasteiger partial charge in [0.25, 0.3) is 0 Å². The number of aromatic nitrogens is 3. The van der Waals surface area contributed by atoms with E-state index < -0.39 is 0 Å². The summed E-state index contributed by atoms with van der Waals surface area (Å²) in [5.41, 5.74) is 2.45. The van der Waals surface area contributed by atoms with Crippen LogP contribution in [0.1, 0.15) is 33.6 Å². The number of nitrogen functional groups attached to an aromatic ring is 1. The summed E-state index contributed by atoms with van der Waals surface area (Å²) < 4.78 is 5.52. The van der Waals surface area contributed by atoms with Crippen molar-refractivity contribution >= 4 is 11.9 Å². The first-order chi connectivity index (χ1) is 9.01. The number of hydrogen-bond acceptors (Lipinski definition) is 7. The molecule has 1 heterocycles. The molecule has 1 saturated carbocycles. The first-order valence-corrected chi connectivity index (χ1v) is 6.63. The molecule has 7 nitrogen and oxygen atoms in total.